The number of benzene rings is 1. The lowest BCUT2D eigenvalue weighted by Crippen LogP contribution is -2.42. The maximum absolute atomic E-state index is 13.1. The lowest BCUT2D eigenvalue weighted by atomic mass is 10.1. The van der Waals surface area contributed by atoms with E-state index in [-0.39, 0.29) is 12.0 Å². The molecule has 3 aromatic heterocycles. The van der Waals surface area contributed by atoms with Crippen LogP contribution in [0.3, 0.4) is 0 Å². The van der Waals surface area contributed by atoms with E-state index in [1.165, 1.54) is 0 Å². The van der Waals surface area contributed by atoms with Gasteiger partial charge in [0.05, 0.1) is 36.2 Å². The average molecular weight is 441 g/mol. The van der Waals surface area contributed by atoms with Crippen molar-refractivity contribution in [3.8, 4) is 0 Å². The average Bonchev–Trinajstić information content (AvgIpc) is 2.83. The number of morpholine rings is 1. The number of carbonyl (C=O) groups is 1. The monoisotopic (exact) mass is 440 g/mol. The van der Waals surface area contributed by atoms with Gasteiger partial charge in [-0.25, -0.2) is 9.97 Å². The third-order valence-corrected chi connectivity index (χ3v) is 5.56. The number of hydrogen-bond acceptors (Lipinski definition) is 7. The second kappa shape index (κ2) is 8.91. The number of pyridine rings is 2. The number of rotatable bonds is 4. The Hall–Kier alpha value is -3.91. The molecule has 1 aromatic carbocycles. The fourth-order valence-corrected chi connectivity index (χ4v) is 3.98. The van der Waals surface area contributed by atoms with Gasteiger partial charge in [0, 0.05) is 35.1 Å². The van der Waals surface area contributed by atoms with E-state index in [1.54, 1.807) is 12.4 Å². The van der Waals surface area contributed by atoms with Crippen LogP contribution in [0.2, 0.25) is 0 Å². The lowest BCUT2D eigenvalue weighted by molar-refractivity contribution is -0.0247. The summed E-state index contributed by atoms with van der Waals surface area (Å²) in [7, 11) is 0. The van der Waals surface area contributed by atoms with Crippen molar-refractivity contribution in [1.82, 2.24) is 24.8 Å². The molecule has 1 aliphatic heterocycles. The molecule has 1 aliphatic rings. The normalized spacial score (nSPS) is 16.1. The van der Waals surface area contributed by atoms with Crippen molar-refractivity contribution in [2.45, 2.75) is 20.0 Å². The van der Waals surface area contributed by atoms with Crippen molar-refractivity contribution >= 4 is 28.4 Å². The maximum Gasteiger partial charge on any atom is 0.254 e. The van der Waals surface area contributed by atoms with E-state index in [4.69, 9.17) is 4.74 Å². The first kappa shape index (κ1) is 21.0. The minimum Gasteiger partial charge on any atom is -0.368 e. The Kier molecular flexibility index (Phi) is 5.66. The molecule has 0 radical (unpaired) electrons. The zero-order valence-electron chi connectivity index (χ0n) is 18.5. The Bertz CT molecular complexity index is 1290. The summed E-state index contributed by atoms with van der Waals surface area (Å²) in [6.45, 7) is 5.32. The Balaban J connectivity index is 1.28. The number of aryl methyl sites for hydroxylation is 2. The lowest BCUT2D eigenvalue weighted by Gasteiger charge is -2.32. The van der Waals surface area contributed by atoms with Crippen LogP contribution in [0, 0.1) is 13.8 Å². The molecule has 33 heavy (non-hydrogen) atoms. The molecule has 4 heterocycles. The summed E-state index contributed by atoms with van der Waals surface area (Å²) in [5.74, 6) is 0.526. The highest BCUT2D eigenvalue weighted by molar-refractivity contribution is 5.98. The number of nitrogens with zero attached hydrogens (tertiary/aromatic N) is 5. The Morgan fingerprint density at radius 1 is 1.06 bits per heavy atom. The van der Waals surface area contributed by atoms with E-state index < -0.39 is 0 Å². The van der Waals surface area contributed by atoms with Crippen LogP contribution in [0.25, 0.3) is 10.9 Å². The fourth-order valence-electron chi connectivity index (χ4n) is 3.98. The first-order valence-corrected chi connectivity index (χ1v) is 10.9. The largest absolute Gasteiger partial charge is 0.368 e. The highest BCUT2D eigenvalue weighted by atomic mass is 16.5. The van der Waals surface area contributed by atoms with Crippen LogP contribution in [0.1, 0.15) is 33.5 Å². The molecular weight excluding hydrogens is 416 g/mol. The number of anilines is 2. The molecule has 0 aliphatic carbocycles. The summed E-state index contributed by atoms with van der Waals surface area (Å²) in [6, 6.07) is 15.2. The Morgan fingerprint density at radius 2 is 1.91 bits per heavy atom. The molecule has 0 bridgehead atoms. The van der Waals surface area contributed by atoms with E-state index in [1.807, 2.05) is 67.3 Å². The van der Waals surface area contributed by atoms with E-state index in [0.29, 0.717) is 31.2 Å². The molecular formula is C25H24N6O2. The van der Waals surface area contributed by atoms with Gasteiger partial charge < -0.3 is 15.0 Å². The van der Waals surface area contributed by atoms with Gasteiger partial charge in [-0.3, -0.25) is 14.8 Å². The molecule has 1 N–H and O–H groups in total. The van der Waals surface area contributed by atoms with Crippen molar-refractivity contribution in [2.75, 3.05) is 25.0 Å². The van der Waals surface area contributed by atoms with E-state index in [2.05, 4.69) is 25.3 Å². The predicted octanol–water partition coefficient (Wildman–Crippen LogP) is 3.99. The highest BCUT2D eigenvalue weighted by Gasteiger charge is 2.27. The van der Waals surface area contributed by atoms with Crippen LogP contribution in [-0.2, 0) is 4.74 Å². The molecule has 1 fully saturated rings. The first-order valence-electron chi connectivity index (χ1n) is 10.9. The van der Waals surface area contributed by atoms with Gasteiger partial charge >= 0.3 is 0 Å². The zero-order valence-corrected chi connectivity index (χ0v) is 18.5. The molecule has 4 aromatic rings. The van der Waals surface area contributed by atoms with Gasteiger partial charge in [-0.15, -0.1) is 0 Å². The van der Waals surface area contributed by atoms with Crippen molar-refractivity contribution < 1.29 is 9.53 Å². The molecule has 0 saturated carbocycles. The third kappa shape index (κ3) is 4.65. The van der Waals surface area contributed by atoms with E-state index in [9.17, 15) is 4.79 Å². The number of aromatic nitrogens is 4. The summed E-state index contributed by atoms with van der Waals surface area (Å²) in [4.78, 5) is 32.6. The molecule has 8 heteroatoms. The van der Waals surface area contributed by atoms with Crippen molar-refractivity contribution in [3.63, 3.8) is 0 Å². The fraction of sp³-hybridized carbons (Fsp3) is 0.240. The minimum atomic E-state index is -0.281. The number of carbonyl (C=O) groups excluding carboxylic acids is 1. The molecule has 1 amide bonds. The van der Waals surface area contributed by atoms with Crippen LogP contribution >= 0.6 is 0 Å². The van der Waals surface area contributed by atoms with Crippen LogP contribution in [0.5, 0.6) is 0 Å². The second-order valence-corrected chi connectivity index (χ2v) is 8.09. The van der Waals surface area contributed by atoms with E-state index in [0.717, 1.165) is 33.7 Å². The summed E-state index contributed by atoms with van der Waals surface area (Å²) in [5, 5.41) is 4.13. The quantitative estimate of drug-likeness (QED) is 0.513. The van der Waals surface area contributed by atoms with Gasteiger partial charge in [-0.2, -0.15) is 0 Å². The van der Waals surface area contributed by atoms with Gasteiger partial charge in [-0.1, -0.05) is 6.07 Å². The number of ether oxygens (including phenoxy) is 1. The molecule has 166 valence electrons. The molecule has 5 rings (SSSR count). The molecule has 1 atom stereocenters. The van der Waals surface area contributed by atoms with Crippen molar-refractivity contribution in [1.29, 1.82) is 0 Å². The van der Waals surface area contributed by atoms with Gasteiger partial charge in [0.15, 0.2) is 0 Å². The van der Waals surface area contributed by atoms with Gasteiger partial charge in [0.25, 0.3) is 5.91 Å². The summed E-state index contributed by atoms with van der Waals surface area (Å²) >= 11 is 0. The Labute approximate surface area is 191 Å². The van der Waals surface area contributed by atoms with Crippen molar-refractivity contribution in [2.24, 2.45) is 0 Å². The third-order valence-electron chi connectivity index (χ3n) is 5.56. The number of hydrogen-bond donors (Lipinski definition) is 1. The Morgan fingerprint density at radius 3 is 2.70 bits per heavy atom. The number of fused-ring (bicyclic) bond motifs is 1. The minimum absolute atomic E-state index is 0.0145. The van der Waals surface area contributed by atoms with E-state index >= 15 is 0 Å². The SMILES string of the molecule is Cc1cc(C)nc(Nc2ccc([C@H]3CN(C(=O)c4ccc5ncccc5c4)CCO3)nc2)n1. The van der Waals surface area contributed by atoms with Gasteiger partial charge in [0.2, 0.25) is 5.95 Å². The van der Waals surface area contributed by atoms with Crippen LogP contribution < -0.4 is 5.32 Å². The van der Waals surface area contributed by atoms with Crippen LogP contribution in [0.15, 0.2) is 60.9 Å². The second-order valence-electron chi connectivity index (χ2n) is 8.09. The van der Waals surface area contributed by atoms with Gasteiger partial charge in [-0.05, 0) is 56.3 Å². The predicted molar refractivity (Wildman–Crippen MR) is 125 cm³/mol. The number of amides is 1. The first-order chi connectivity index (χ1) is 16.0. The molecule has 0 spiro atoms. The van der Waals surface area contributed by atoms with Crippen molar-refractivity contribution in [3.05, 3.63) is 83.6 Å². The van der Waals surface area contributed by atoms with Gasteiger partial charge in [0.1, 0.15) is 6.10 Å². The molecule has 8 nitrogen and oxygen atoms in total. The molecule has 1 saturated heterocycles. The summed E-state index contributed by atoms with van der Waals surface area (Å²) < 4.78 is 5.93. The zero-order chi connectivity index (χ0) is 22.8. The van der Waals surface area contributed by atoms with Crippen LogP contribution in [0.4, 0.5) is 11.6 Å². The highest BCUT2D eigenvalue weighted by Crippen LogP contribution is 2.24. The topological polar surface area (TPSA) is 93.1 Å². The summed E-state index contributed by atoms with van der Waals surface area (Å²) in [5.41, 5.74) is 4.89. The van der Waals surface area contributed by atoms with Crippen LogP contribution in [-0.4, -0.2) is 50.4 Å². The summed E-state index contributed by atoms with van der Waals surface area (Å²) in [6.07, 6.45) is 3.20. The standard InChI is InChI=1S/C25H24N6O2/c1-16-12-17(2)29-25(28-16)30-20-6-8-22(27-14-20)23-15-31(10-11-33-23)24(32)19-5-7-21-18(13-19)4-3-9-26-21/h3-9,12-14,23H,10-11,15H2,1-2H3,(H,28,29,30)/t23-/m1/s1. The smallest absolute Gasteiger partial charge is 0.254 e. The molecule has 0 unspecified atom stereocenters. The number of nitrogens with one attached hydrogen (secondary N) is 1. The maximum atomic E-state index is 13.1.